The van der Waals surface area contributed by atoms with Crippen molar-refractivity contribution in [3.63, 3.8) is 0 Å². The average Bonchev–Trinajstić information content (AvgIpc) is 4.27. The molecule has 0 saturated carbocycles. The maximum Gasteiger partial charge on any atom is 0.319 e. The number of phenols is 1. The smallest absolute Gasteiger partial charge is 0.319 e. The minimum absolute atomic E-state index is 0.0224. The van der Waals surface area contributed by atoms with Gasteiger partial charge in [-0.15, -0.1) is 11.3 Å². The van der Waals surface area contributed by atoms with Crippen molar-refractivity contribution in [2.45, 2.75) is 116 Å². The van der Waals surface area contributed by atoms with Gasteiger partial charge in [-0.3, -0.25) is 24.3 Å². The van der Waals surface area contributed by atoms with Gasteiger partial charge in [-0.1, -0.05) is 69.6 Å². The van der Waals surface area contributed by atoms with Gasteiger partial charge in [0.2, 0.25) is 17.7 Å². The number of aliphatic hydroxyl groups excluding tert-OH is 1. The number of pyridine rings is 1. The number of ether oxygens (including phenoxy) is 2. The Labute approximate surface area is 463 Å². The quantitative estimate of drug-likeness (QED) is 0.0592. The van der Waals surface area contributed by atoms with Gasteiger partial charge >= 0.3 is 6.01 Å². The van der Waals surface area contributed by atoms with E-state index >= 15 is 4.39 Å². The number of anilines is 1. The van der Waals surface area contributed by atoms with Gasteiger partial charge < -0.3 is 45.4 Å². The summed E-state index contributed by atoms with van der Waals surface area (Å²) >= 11 is 8.20. The van der Waals surface area contributed by atoms with Crippen LogP contribution >= 0.6 is 22.9 Å². The van der Waals surface area contributed by atoms with Gasteiger partial charge in [0.25, 0.3) is 0 Å². The molecule has 414 valence electrons. The highest BCUT2D eigenvalue weighted by atomic mass is 35.5. The molecule has 2 bridgehead atoms. The molecule has 4 unspecified atom stereocenters. The zero-order chi connectivity index (χ0) is 55.0. The third kappa shape index (κ3) is 11.9. The number of rotatable bonds is 17. The van der Waals surface area contributed by atoms with Crippen molar-refractivity contribution < 1.29 is 38.5 Å². The Balaban J connectivity index is 0.723. The van der Waals surface area contributed by atoms with Crippen molar-refractivity contribution in [1.82, 2.24) is 45.7 Å². The summed E-state index contributed by atoms with van der Waals surface area (Å²) < 4.78 is 29.3. The molecule has 3 amide bonds. The Kier molecular flexibility index (Phi) is 16.5. The first-order valence-corrected chi connectivity index (χ1v) is 28.5. The molecule has 10 rings (SSSR count). The number of aryl methyl sites for hydroxylation is 2. The third-order valence-corrected chi connectivity index (χ3v) is 17.2. The number of piperazine rings is 1. The van der Waals surface area contributed by atoms with E-state index in [-0.39, 0.29) is 55.1 Å². The van der Waals surface area contributed by atoms with E-state index in [0.29, 0.717) is 47.0 Å². The summed E-state index contributed by atoms with van der Waals surface area (Å²) in [4.78, 5) is 67.0. The van der Waals surface area contributed by atoms with E-state index in [9.17, 15) is 24.6 Å². The first-order valence-electron chi connectivity index (χ1n) is 27.3. The summed E-state index contributed by atoms with van der Waals surface area (Å²) in [5.41, 5.74) is 5.31. The highest BCUT2D eigenvalue weighted by Gasteiger charge is 2.45. The van der Waals surface area contributed by atoms with Gasteiger partial charge in [0.15, 0.2) is 5.82 Å². The van der Waals surface area contributed by atoms with Crippen molar-refractivity contribution in [1.29, 1.82) is 0 Å². The molecule has 4 aliphatic heterocycles. The first-order chi connectivity index (χ1) is 37.4. The number of nitrogens with zero attached hydrogens (tertiary/aromatic N) is 7. The van der Waals surface area contributed by atoms with Gasteiger partial charge in [-0.05, 0) is 110 Å². The van der Waals surface area contributed by atoms with Gasteiger partial charge in [-0.2, -0.15) is 9.97 Å². The van der Waals surface area contributed by atoms with Crippen LogP contribution in [0.4, 0.5) is 10.2 Å². The number of aromatic hydroxyl groups is 1. The van der Waals surface area contributed by atoms with Crippen molar-refractivity contribution in [2.24, 2.45) is 11.3 Å². The lowest BCUT2D eigenvalue weighted by Crippen LogP contribution is -2.58. The Morgan fingerprint density at radius 2 is 1.76 bits per heavy atom. The van der Waals surface area contributed by atoms with Crippen LogP contribution in [0.5, 0.6) is 11.8 Å². The first kappa shape index (κ1) is 55.2. The highest BCUT2D eigenvalue weighted by Crippen LogP contribution is 2.40. The summed E-state index contributed by atoms with van der Waals surface area (Å²) in [5.74, 6) is -1.09. The lowest BCUT2D eigenvalue weighted by atomic mass is 9.85. The second-order valence-corrected chi connectivity index (χ2v) is 23.8. The predicted molar refractivity (Wildman–Crippen MR) is 300 cm³/mol. The fourth-order valence-corrected chi connectivity index (χ4v) is 12.9. The number of amides is 3. The fraction of sp³-hybridized carbons (Fsp3) is 0.500. The second kappa shape index (κ2) is 23.3. The number of piperidine rings is 1. The van der Waals surface area contributed by atoms with E-state index in [1.807, 2.05) is 77.9 Å². The van der Waals surface area contributed by atoms with E-state index in [1.165, 1.54) is 16.2 Å². The van der Waals surface area contributed by atoms with Crippen LogP contribution in [-0.2, 0) is 25.5 Å². The van der Waals surface area contributed by atoms with Crippen LogP contribution in [-0.4, -0.2) is 147 Å². The Morgan fingerprint density at radius 1 is 0.987 bits per heavy atom. The largest absolute Gasteiger partial charge is 0.508 e. The average molecular weight is 1110 g/mol. The molecule has 78 heavy (non-hydrogen) atoms. The monoisotopic (exact) mass is 1100 g/mol. The molecule has 4 saturated heterocycles. The highest BCUT2D eigenvalue weighted by molar-refractivity contribution is 7.13. The minimum Gasteiger partial charge on any atom is -0.508 e. The number of carbonyl (C=O) groups excluding carboxylic acids is 3. The van der Waals surface area contributed by atoms with E-state index in [2.05, 4.69) is 40.7 Å². The van der Waals surface area contributed by atoms with E-state index in [1.54, 1.807) is 23.8 Å². The third-order valence-electron chi connectivity index (χ3n) is 15.9. The van der Waals surface area contributed by atoms with Crippen LogP contribution in [0.2, 0.25) is 5.02 Å². The number of halogens is 2. The number of nitrogens with one attached hydrogen (secondary N) is 3. The molecular formula is C58H70ClFN10O7S. The Bertz CT molecular complexity index is 3190. The van der Waals surface area contributed by atoms with Crippen molar-refractivity contribution in [2.75, 3.05) is 64.0 Å². The lowest BCUT2D eigenvalue weighted by molar-refractivity contribution is -0.144. The number of carbonyl (C=O) groups is 3. The molecule has 0 aliphatic carbocycles. The second-order valence-electron chi connectivity index (χ2n) is 22.6. The van der Waals surface area contributed by atoms with E-state index in [0.717, 1.165) is 96.3 Å². The van der Waals surface area contributed by atoms with Crippen LogP contribution in [0.1, 0.15) is 89.6 Å². The van der Waals surface area contributed by atoms with Crippen molar-refractivity contribution >= 4 is 68.2 Å². The molecule has 7 heterocycles. The molecule has 3 aromatic heterocycles. The molecular weight excluding hydrogens is 1040 g/mol. The fourth-order valence-electron chi connectivity index (χ4n) is 11.7. The summed E-state index contributed by atoms with van der Waals surface area (Å²) in [5, 5.41) is 33.8. The van der Waals surface area contributed by atoms with Gasteiger partial charge in [-0.25, -0.2) is 9.37 Å². The minimum atomic E-state index is -0.990. The zero-order valence-electron chi connectivity index (χ0n) is 45.2. The number of β-amino-alcohol motifs (C(OH)–C–C–N with tert-alkyl or cyclic N) is 1. The van der Waals surface area contributed by atoms with Gasteiger partial charge in [0, 0.05) is 67.0 Å². The number of fused-ring (bicyclic) bond motifs is 4. The van der Waals surface area contributed by atoms with Gasteiger partial charge in [0.05, 0.1) is 40.2 Å². The topological polar surface area (TPSA) is 208 Å². The molecule has 5 N–H and O–H groups in total. The van der Waals surface area contributed by atoms with Crippen LogP contribution in [0.15, 0.2) is 60.2 Å². The Morgan fingerprint density at radius 3 is 2.46 bits per heavy atom. The number of thiazole rings is 1. The van der Waals surface area contributed by atoms with E-state index in [4.69, 9.17) is 26.1 Å². The SMILES string of the molecule is CCc1cccc2cc(O)cc(-c3ncc4c(N5CC6CCC(C5)N6)nc(OCCN5CCC(COCC(=O)N[C@H](C(=O)N6CC(O)CC6C(=O)N[C@@H](C)c6ccc(-c7scnc7C)c(Cl)c6)C(C)(C)C)CC5)nc4c3F)c12. The maximum atomic E-state index is 17.1. The molecule has 4 aliphatic rings. The standard InChI is InChI=1S/C58H70ClFN10O7S/c1-7-35-9-8-10-37-21-40(71)23-43(48(35)37)50-49(60)51-44(25-61-50)54(69-26-38-12-13-39(27-69)64-38)67-57(66-51)77-20-19-68-17-15-34(16-18-68)29-76-30-47(73)65-53(58(4,5)6)56(75)70-28-41(72)24-46(70)55(74)63-32(2)36-11-14-42(45(59)22-36)52-33(3)62-31-78-52/h8-11,14,21-23,25,31-32,34,38-39,41,46,53,64,71-72H,7,12-13,15-20,24,26-30H2,1-6H3,(H,63,74)(H,65,73)/t32-,38?,39?,41?,46?,53+/m0/s1. The molecule has 4 fully saturated rings. The number of phenolic OH excluding ortho intramolecular Hbond substituents is 1. The van der Waals surface area contributed by atoms with Crippen LogP contribution in [0.25, 0.3) is 43.4 Å². The van der Waals surface area contributed by atoms with Crippen LogP contribution < -0.4 is 25.6 Å². The Hall–Kier alpha value is -6.09. The summed E-state index contributed by atoms with van der Waals surface area (Å²) in [7, 11) is 0. The number of benzene rings is 3. The van der Waals surface area contributed by atoms with Crippen LogP contribution in [0.3, 0.4) is 0 Å². The predicted octanol–water partition coefficient (Wildman–Crippen LogP) is 7.76. The molecule has 20 heteroatoms. The molecule has 6 atom stereocenters. The zero-order valence-corrected chi connectivity index (χ0v) is 46.7. The molecule has 0 spiro atoms. The number of likely N-dealkylation sites (tertiary alicyclic amines) is 2. The van der Waals surface area contributed by atoms with Crippen LogP contribution in [0, 0.1) is 24.1 Å². The molecule has 6 aromatic rings. The number of aliphatic hydroxyl groups is 1. The summed E-state index contributed by atoms with van der Waals surface area (Å²) in [6, 6.07) is 13.1. The summed E-state index contributed by atoms with van der Waals surface area (Å²) in [6.45, 7) is 15.3. The number of hydrogen-bond donors (Lipinski definition) is 5. The number of aromatic nitrogens is 4. The number of hydrogen-bond acceptors (Lipinski definition) is 15. The van der Waals surface area contributed by atoms with Crippen molar-refractivity contribution in [3.8, 4) is 33.5 Å². The van der Waals surface area contributed by atoms with Crippen molar-refractivity contribution in [3.05, 3.63) is 87.9 Å². The summed E-state index contributed by atoms with van der Waals surface area (Å²) in [6.07, 6.45) is 5.32. The molecule has 0 radical (unpaired) electrons. The maximum absolute atomic E-state index is 17.1. The molecule has 17 nitrogen and oxygen atoms in total. The lowest BCUT2D eigenvalue weighted by Gasteiger charge is -2.35. The normalized spacial score (nSPS) is 20.8. The van der Waals surface area contributed by atoms with E-state index < -0.39 is 53.2 Å². The van der Waals surface area contributed by atoms with Gasteiger partial charge in [0.1, 0.15) is 48.1 Å². The molecule has 3 aromatic carbocycles.